The summed E-state index contributed by atoms with van der Waals surface area (Å²) in [5, 5.41) is 0.304. The summed E-state index contributed by atoms with van der Waals surface area (Å²) in [5.41, 5.74) is 4.93. The molecule has 10 heteroatoms. The maximum atomic E-state index is 12.8. The highest BCUT2D eigenvalue weighted by molar-refractivity contribution is 6.30. The summed E-state index contributed by atoms with van der Waals surface area (Å²) in [5.74, 6) is -2.28. The van der Waals surface area contributed by atoms with E-state index in [-0.39, 0.29) is 61.0 Å². The van der Waals surface area contributed by atoms with Crippen LogP contribution in [0.1, 0.15) is 49.5 Å². The van der Waals surface area contributed by atoms with Gasteiger partial charge in [0.05, 0.1) is 17.5 Å². The number of likely N-dealkylation sites (tertiary alicyclic amines) is 1. The molecule has 1 aromatic heterocycles. The maximum absolute atomic E-state index is 12.8. The van der Waals surface area contributed by atoms with E-state index in [1.807, 2.05) is 6.92 Å². The molecular weight excluding hydrogens is 423 g/mol. The number of pyridine rings is 1. The zero-order valence-corrected chi connectivity index (χ0v) is 17.4. The minimum Gasteiger partial charge on any atom is -0.490 e. The minimum atomic E-state index is -4.18. The first-order chi connectivity index (χ1) is 14.0. The molecule has 1 aromatic rings. The van der Waals surface area contributed by atoms with E-state index in [0.29, 0.717) is 24.5 Å². The van der Waals surface area contributed by atoms with E-state index in [9.17, 15) is 22.8 Å². The summed E-state index contributed by atoms with van der Waals surface area (Å²) >= 11 is 5.92. The summed E-state index contributed by atoms with van der Waals surface area (Å²) in [6.07, 6.45) is -1.66. The largest absolute Gasteiger partial charge is 0.490 e. The number of primary amides is 1. The molecule has 0 spiro atoms. The van der Waals surface area contributed by atoms with E-state index in [1.54, 1.807) is 4.90 Å². The third-order valence-corrected chi connectivity index (χ3v) is 6.24. The van der Waals surface area contributed by atoms with Crippen molar-refractivity contribution in [1.82, 2.24) is 9.88 Å². The fraction of sp³-hybridized carbons (Fsp3) is 0.650. The quantitative estimate of drug-likeness (QED) is 0.743. The van der Waals surface area contributed by atoms with Crippen LogP contribution in [0.4, 0.5) is 13.2 Å². The van der Waals surface area contributed by atoms with Gasteiger partial charge < -0.3 is 15.4 Å². The van der Waals surface area contributed by atoms with Crippen LogP contribution in [0.3, 0.4) is 0 Å². The number of hydrogen-bond donors (Lipinski definition) is 1. The molecule has 2 amide bonds. The molecule has 1 aliphatic heterocycles. The van der Waals surface area contributed by atoms with Crippen LogP contribution in [-0.4, -0.2) is 47.6 Å². The Morgan fingerprint density at radius 1 is 1.33 bits per heavy atom. The van der Waals surface area contributed by atoms with Crippen molar-refractivity contribution in [2.24, 2.45) is 23.0 Å². The molecule has 0 radical (unpaired) electrons. The van der Waals surface area contributed by atoms with Crippen LogP contribution in [-0.2, 0) is 4.79 Å². The second kappa shape index (κ2) is 8.61. The van der Waals surface area contributed by atoms with E-state index >= 15 is 0 Å². The van der Waals surface area contributed by atoms with Gasteiger partial charge in [0.15, 0.2) is 11.4 Å². The van der Waals surface area contributed by atoms with Gasteiger partial charge in [-0.05, 0) is 32.1 Å². The maximum Gasteiger partial charge on any atom is 0.391 e. The number of carbonyl (C=O) groups excluding carboxylic acids is 2. The zero-order valence-electron chi connectivity index (χ0n) is 16.7. The van der Waals surface area contributed by atoms with E-state index in [2.05, 4.69) is 4.98 Å². The molecule has 1 saturated heterocycles. The molecule has 166 valence electrons. The fourth-order valence-electron chi connectivity index (χ4n) is 4.22. The Labute approximate surface area is 177 Å². The molecule has 0 aromatic carbocycles. The van der Waals surface area contributed by atoms with E-state index < -0.39 is 18.0 Å². The first-order valence-corrected chi connectivity index (χ1v) is 10.3. The van der Waals surface area contributed by atoms with Crippen LogP contribution in [0, 0.1) is 17.3 Å². The monoisotopic (exact) mass is 447 g/mol. The Morgan fingerprint density at radius 2 is 2.00 bits per heavy atom. The molecule has 2 N–H and O–H groups in total. The number of halogens is 4. The van der Waals surface area contributed by atoms with E-state index in [1.165, 1.54) is 12.3 Å². The number of amides is 2. The summed E-state index contributed by atoms with van der Waals surface area (Å²) in [6, 6.07) is 1.47. The van der Waals surface area contributed by atoms with Crippen molar-refractivity contribution in [3.8, 4) is 5.75 Å². The van der Waals surface area contributed by atoms with Crippen LogP contribution >= 0.6 is 11.6 Å². The molecule has 1 aliphatic carbocycles. The Bertz CT molecular complexity index is 812. The first-order valence-electron chi connectivity index (χ1n) is 9.92. The third kappa shape index (κ3) is 5.17. The normalized spacial score (nSPS) is 27.2. The number of ether oxygens (including phenoxy) is 1. The van der Waals surface area contributed by atoms with Crippen LogP contribution < -0.4 is 10.5 Å². The summed E-state index contributed by atoms with van der Waals surface area (Å²) in [7, 11) is 0. The van der Waals surface area contributed by atoms with Gasteiger partial charge in [-0.3, -0.25) is 9.59 Å². The Balaban J connectivity index is 1.56. The number of carbonyl (C=O) groups is 2. The molecule has 3 rings (SSSR count). The lowest BCUT2D eigenvalue weighted by Crippen LogP contribution is -2.39. The molecule has 30 heavy (non-hydrogen) atoms. The lowest BCUT2D eigenvalue weighted by atomic mass is 9.81. The standard InChI is InChI=1S/C20H25ClF3N3O3/c1-19(11-30-15-8-14(21)9-26-16(15)17(25)28)6-7-27(10-19)18(29)12-2-4-13(5-3-12)20(22,23)24/h8-9,12-13H,2-7,10-11H2,1H3,(H2,25,28). The molecule has 2 fully saturated rings. The minimum absolute atomic E-state index is 0.00574. The lowest BCUT2D eigenvalue weighted by Gasteiger charge is -2.32. The SMILES string of the molecule is CC1(COc2cc(Cl)cnc2C(N)=O)CCN(C(=O)C2CCC(C(F)(F)F)CC2)C1. The third-order valence-electron chi connectivity index (χ3n) is 6.04. The zero-order chi connectivity index (χ0) is 22.1. The number of aromatic nitrogens is 1. The van der Waals surface area contributed by atoms with Gasteiger partial charge in [0.2, 0.25) is 5.91 Å². The molecule has 6 nitrogen and oxygen atoms in total. The topological polar surface area (TPSA) is 85.5 Å². The average molecular weight is 448 g/mol. The predicted octanol–water partition coefficient (Wildman–Crippen LogP) is 3.82. The summed E-state index contributed by atoms with van der Waals surface area (Å²) in [4.78, 5) is 30.0. The number of nitrogens with two attached hydrogens (primary N) is 1. The number of hydrogen-bond acceptors (Lipinski definition) is 4. The Hall–Kier alpha value is -2.03. The molecule has 1 saturated carbocycles. The van der Waals surface area contributed by atoms with Crippen molar-refractivity contribution in [3.05, 3.63) is 23.0 Å². The number of rotatable bonds is 5. The highest BCUT2D eigenvalue weighted by atomic mass is 35.5. The summed E-state index contributed by atoms with van der Waals surface area (Å²) < 4.78 is 44.3. The van der Waals surface area contributed by atoms with Crippen LogP contribution in [0.2, 0.25) is 5.02 Å². The van der Waals surface area contributed by atoms with Crippen LogP contribution in [0.5, 0.6) is 5.75 Å². The molecule has 0 bridgehead atoms. The first kappa shape index (κ1) is 22.7. The molecule has 1 atom stereocenters. The average Bonchev–Trinajstić information content (AvgIpc) is 3.07. The summed E-state index contributed by atoms with van der Waals surface area (Å²) in [6.45, 7) is 3.14. The van der Waals surface area contributed by atoms with Gasteiger partial charge in [-0.15, -0.1) is 0 Å². The van der Waals surface area contributed by atoms with Crippen molar-refractivity contribution in [3.63, 3.8) is 0 Å². The lowest BCUT2D eigenvalue weighted by molar-refractivity contribution is -0.185. The molecule has 2 aliphatic rings. The van der Waals surface area contributed by atoms with Gasteiger partial charge >= 0.3 is 6.18 Å². The fourth-order valence-corrected chi connectivity index (χ4v) is 4.37. The van der Waals surface area contributed by atoms with Gasteiger partial charge in [-0.25, -0.2) is 4.98 Å². The van der Waals surface area contributed by atoms with Crippen molar-refractivity contribution in [2.45, 2.75) is 45.2 Å². The molecule has 2 heterocycles. The van der Waals surface area contributed by atoms with E-state index in [0.717, 1.165) is 0 Å². The van der Waals surface area contributed by atoms with E-state index in [4.69, 9.17) is 22.1 Å². The van der Waals surface area contributed by atoms with Gasteiger partial charge in [0.1, 0.15) is 0 Å². The van der Waals surface area contributed by atoms with Crippen LogP contribution in [0.25, 0.3) is 0 Å². The Kier molecular flexibility index (Phi) is 6.50. The highest BCUT2D eigenvalue weighted by Gasteiger charge is 2.44. The van der Waals surface area contributed by atoms with Gasteiger partial charge in [-0.2, -0.15) is 13.2 Å². The molecule has 1 unspecified atom stereocenters. The van der Waals surface area contributed by atoms with Crippen LogP contribution in [0.15, 0.2) is 12.3 Å². The second-order valence-corrected chi connectivity index (χ2v) is 9.00. The highest BCUT2D eigenvalue weighted by Crippen LogP contribution is 2.41. The van der Waals surface area contributed by atoms with Gasteiger partial charge in [-0.1, -0.05) is 18.5 Å². The van der Waals surface area contributed by atoms with Gasteiger partial charge in [0.25, 0.3) is 5.91 Å². The second-order valence-electron chi connectivity index (χ2n) is 8.56. The smallest absolute Gasteiger partial charge is 0.391 e. The van der Waals surface area contributed by atoms with Gasteiger partial charge in [0, 0.05) is 36.7 Å². The van der Waals surface area contributed by atoms with Crippen molar-refractivity contribution < 1.29 is 27.5 Å². The Morgan fingerprint density at radius 3 is 2.60 bits per heavy atom. The number of nitrogens with zero attached hydrogens (tertiary/aromatic N) is 2. The van der Waals surface area contributed by atoms with Crippen molar-refractivity contribution in [2.75, 3.05) is 19.7 Å². The van der Waals surface area contributed by atoms with Crippen molar-refractivity contribution in [1.29, 1.82) is 0 Å². The van der Waals surface area contributed by atoms with Crippen molar-refractivity contribution >= 4 is 23.4 Å². The number of alkyl halides is 3. The molecular formula is C20H25ClF3N3O3. The predicted molar refractivity (Wildman–Crippen MR) is 104 cm³/mol.